The summed E-state index contributed by atoms with van der Waals surface area (Å²) in [6.45, 7) is 0.808. The Hall–Kier alpha value is 0.260. The van der Waals surface area contributed by atoms with Crippen LogP contribution in [0.1, 0.15) is 10.9 Å². The maximum absolute atomic E-state index is 6.10. The van der Waals surface area contributed by atoms with Gasteiger partial charge in [-0.1, -0.05) is 11.6 Å². The van der Waals surface area contributed by atoms with E-state index < -0.39 is 0 Å². The molecule has 0 amide bonds. The van der Waals surface area contributed by atoms with Crippen molar-refractivity contribution in [2.75, 3.05) is 18.1 Å². The van der Waals surface area contributed by atoms with E-state index in [1.54, 1.807) is 11.3 Å². The molecular weight excluding hydrogens is 238 g/mol. The van der Waals surface area contributed by atoms with E-state index in [1.807, 2.05) is 23.9 Å². The van der Waals surface area contributed by atoms with Crippen molar-refractivity contribution in [2.24, 2.45) is 5.73 Å². The number of thiophene rings is 1. The minimum absolute atomic E-state index is 0.0275. The number of ether oxygens (including phenoxy) is 1. The second-order valence-electron chi connectivity index (χ2n) is 3.15. The maximum Gasteiger partial charge on any atom is 0.0931 e. The van der Waals surface area contributed by atoms with Crippen LogP contribution in [0.4, 0.5) is 0 Å². The average molecular weight is 250 g/mol. The van der Waals surface area contributed by atoms with E-state index in [4.69, 9.17) is 22.1 Å². The van der Waals surface area contributed by atoms with Gasteiger partial charge in [-0.15, -0.1) is 11.3 Å². The zero-order chi connectivity index (χ0) is 9.97. The van der Waals surface area contributed by atoms with Crippen molar-refractivity contribution in [3.63, 3.8) is 0 Å². The van der Waals surface area contributed by atoms with Gasteiger partial charge in [-0.05, 0) is 12.1 Å². The third-order valence-electron chi connectivity index (χ3n) is 2.16. The molecule has 0 bridgehead atoms. The molecule has 1 aromatic rings. The van der Waals surface area contributed by atoms with Crippen molar-refractivity contribution >= 4 is 34.7 Å². The molecule has 2 atom stereocenters. The van der Waals surface area contributed by atoms with E-state index in [1.165, 1.54) is 0 Å². The van der Waals surface area contributed by atoms with Gasteiger partial charge in [0, 0.05) is 16.4 Å². The van der Waals surface area contributed by atoms with Gasteiger partial charge >= 0.3 is 0 Å². The van der Waals surface area contributed by atoms with Gasteiger partial charge in [0.15, 0.2) is 0 Å². The Morgan fingerprint density at radius 2 is 2.43 bits per heavy atom. The summed E-state index contributed by atoms with van der Waals surface area (Å²) in [5.41, 5.74) is 6.10. The average Bonchev–Trinajstić information content (AvgIpc) is 2.65. The van der Waals surface area contributed by atoms with Crippen molar-refractivity contribution in [1.82, 2.24) is 0 Å². The molecule has 1 aliphatic rings. The second kappa shape index (κ2) is 4.86. The lowest BCUT2D eigenvalue weighted by molar-refractivity contribution is 0.0577. The first-order chi connectivity index (χ1) is 6.77. The molecule has 0 saturated carbocycles. The molecule has 2 nitrogen and oxygen atoms in total. The van der Waals surface area contributed by atoms with Crippen molar-refractivity contribution in [1.29, 1.82) is 0 Å². The molecule has 1 aromatic heterocycles. The van der Waals surface area contributed by atoms with E-state index >= 15 is 0 Å². The highest BCUT2D eigenvalue weighted by atomic mass is 35.5. The Bertz CT molecular complexity index is 299. The summed E-state index contributed by atoms with van der Waals surface area (Å²) in [4.78, 5) is 1.11. The highest BCUT2D eigenvalue weighted by molar-refractivity contribution is 7.99. The Labute approximate surface area is 96.8 Å². The van der Waals surface area contributed by atoms with Gasteiger partial charge in [0.1, 0.15) is 0 Å². The molecule has 1 aliphatic heterocycles. The summed E-state index contributed by atoms with van der Waals surface area (Å²) in [7, 11) is 0. The van der Waals surface area contributed by atoms with Gasteiger partial charge in [-0.3, -0.25) is 0 Å². The van der Waals surface area contributed by atoms with Crippen LogP contribution in [0.15, 0.2) is 12.1 Å². The molecule has 78 valence electrons. The molecule has 1 fully saturated rings. The minimum Gasteiger partial charge on any atom is -0.374 e. The highest BCUT2D eigenvalue weighted by Gasteiger charge is 2.24. The van der Waals surface area contributed by atoms with Crippen LogP contribution in [-0.2, 0) is 4.74 Å². The van der Waals surface area contributed by atoms with Gasteiger partial charge < -0.3 is 10.5 Å². The maximum atomic E-state index is 6.10. The summed E-state index contributed by atoms with van der Waals surface area (Å²) >= 11 is 9.30. The second-order valence-corrected chi connectivity index (χ2v) is 6.05. The predicted octanol–water partition coefficient (Wildman–Crippen LogP) is 2.53. The van der Waals surface area contributed by atoms with E-state index in [-0.39, 0.29) is 12.1 Å². The van der Waals surface area contributed by atoms with Crippen LogP contribution in [0, 0.1) is 0 Å². The monoisotopic (exact) mass is 249 g/mol. The molecule has 0 spiro atoms. The summed E-state index contributed by atoms with van der Waals surface area (Å²) in [6, 6.07) is 3.85. The lowest BCUT2D eigenvalue weighted by Crippen LogP contribution is -2.34. The van der Waals surface area contributed by atoms with E-state index in [0.29, 0.717) is 0 Å². The van der Waals surface area contributed by atoms with Crippen molar-refractivity contribution in [3.05, 3.63) is 21.3 Å². The van der Waals surface area contributed by atoms with E-state index in [2.05, 4.69) is 0 Å². The molecule has 14 heavy (non-hydrogen) atoms. The standard InChI is InChI=1S/C9H12ClNOS2/c10-8-2-1-7(14-8)9(11)6-5-13-4-3-12-6/h1-2,6,9H,3-5,11H2. The molecule has 2 rings (SSSR count). The summed E-state index contributed by atoms with van der Waals surface area (Å²) in [5, 5.41) is 0. The topological polar surface area (TPSA) is 35.2 Å². The fraction of sp³-hybridized carbons (Fsp3) is 0.556. The minimum atomic E-state index is -0.0275. The number of thioether (sulfide) groups is 1. The van der Waals surface area contributed by atoms with Gasteiger partial charge in [0.25, 0.3) is 0 Å². The summed E-state index contributed by atoms with van der Waals surface area (Å²) in [6.07, 6.45) is 0.142. The number of nitrogens with two attached hydrogens (primary N) is 1. The molecule has 2 unspecified atom stereocenters. The first-order valence-electron chi connectivity index (χ1n) is 4.47. The van der Waals surface area contributed by atoms with Crippen LogP contribution in [0.5, 0.6) is 0 Å². The van der Waals surface area contributed by atoms with E-state index in [9.17, 15) is 0 Å². The van der Waals surface area contributed by atoms with Gasteiger partial charge in [-0.2, -0.15) is 11.8 Å². The molecule has 0 radical (unpaired) electrons. The zero-order valence-corrected chi connectivity index (χ0v) is 10.00. The Morgan fingerprint density at radius 3 is 3.00 bits per heavy atom. The van der Waals surface area contributed by atoms with Gasteiger partial charge in [0.05, 0.1) is 23.1 Å². The lowest BCUT2D eigenvalue weighted by Gasteiger charge is -2.26. The Kier molecular flexibility index (Phi) is 3.73. The van der Waals surface area contributed by atoms with Crippen LogP contribution in [0.25, 0.3) is 0 Å². The third-order valence-corrected chi connectivity index (χ3v) is 4.52. The molecule has 0 aliphatic carbocycles. The van der Waals surface area contributed by atoms with Crippen LogP contribution < -0.4 is 5.73 Å². The highest BCUT2D eigenvalue weighted by Crippen LogP contribution is 2.30. The predicted molar refractivity (Wildman–Crippen MR) is 63.3 cm³/mol. The molecule has 2 heterocycles. The number of hydrogen-bond acceptors (Lipinski definition) is 4. The fourth-order valence-electron chi connectivity index (χ4n) is 1.40. The Balaban J connectivity index is 2.03. The van der Waals surface area contributed by atoms with Crippen molar-refractivity contribution < 1.29 is 4.74 Å². The smallest absolute Gasteiger partial charge is 0.0931 e. The van der Waals surface area contributed by atoms with Crippen LogP contribution in [0.2, 0.25) is 4.34 Å². The number of halogens is 1. The summed E-state index contributed by atoms with van der Waals surface area (Å²) < 4.78 is 6.41. The van der Waals surface area contributed by atoms with E-state index in [0.717, 1.165) is 27.3 Å². The van der Waals surface area contributed by atoms with Gasteiger partial charge in [-0.25, -0.2) is 0 Å². The van der Waals surface area contributed by atoms with Crippen LogP contribution in [-0.4, -0.2) is 24.2 Å². The van der Waals surface area contributed by atoms with Gasteiger partial charge in [0.2, 0.25) is 0 Å². The normalized spacial score (nSPS) is 24.9. The molecular formula is C9H12ClNOS2. The number of hydrogen-bond donors (Lipinski definition) is 1. The Morgan fingerprint density at radius 1 is 1.57 bits per heavy atom. The fourth-order valence-corrected chi connectivity index (χ4v) is 3.44. The first kappa shape index (κ1) is 10.8. The van der Waals surface area contributed by atoms with Crippen LogP contribution >= 0.6 is 34.7 Å². The summed E-state index contributed by atoms with van der Waals surface area (Å²) in [5.74, 6) is 2.06. The third kappa shape index (κ3) is 2.44. The number of rotatable bonds is 2. The molecule has 2 N–H and O–H groups in total. The lowest BCUT2D eigenvalue weighted by atomic mass is 10.1. The van der Waals surface area contributed by atoms with Crippen molar-refractivity contribution in [3.8, 4) is 0 Å². The molecule has 0 aromatic carbocycles. The SMILES string of the molecule is NC(c1ccc(Cl)s1)C1CSCCO1. The van der Waals surface area contributed by atoms with Crippen LogP contribution in [0.3, 0.4) is 0 Å². The zero-order valence-electron chi connectivity index (χ0n) is 7.61. The van der Waals surface area contributed by atoms with Crippen molar-refractivity contribution in [2.45, 2.75) is 12.1 Å². The quantitative estimate of drug-likeness (QED) is 0.875. The molecule has 1 saturated heterocycles. The largest absolute Gasteiger partial charge is 0.374 e. The first-order valence-corrected chi connectivity index (χ1v) is 6.82. The molecule has 5 heteroatoms.